The molecule has 0 radical (unpaired) electrons. The number of para-hydroxylation sites is 1. The van der Waals surface area contributed by atoms with Crippen LogP contribution in [0.3, 0.4) is 0 Å². The lowest BCUT2D eigenvalue weighted by Gasteiger charge is -2.19. The summed E-state index contributed by atoms with van der Waals surface area (Å²) in [4.78, 5) is 24.8. The number of ether oxygens (including phenoxy) is 1. The number of phenols is 1. The quantitative estimate of drug-likeness (QED) is 0.378. The van der Waals surface area contributed by atoms with Gasteiger partial charge in [0, 0.05) is 22.4 Å². The summed E-state index contributed by atoms with van der Waals surface area (Å²) in [6, 6.07) is 18.9. The zero-order chi connectivity index (χ0) is 24.0. The van der Waals surface area contributed by atoms with Gasteiger partial charge >= 0.3 is 0 Å². The third-order valence-corrected chi connectivity index (χ3v) is 5.04. The first kappa shape index (κ1) is 23.5. The van der Waals surface area contributed by atoms with Gasteiger partial charge in [-0.15, -0.1) is 0 Å². The molecule has 0 aromatic heterocycles. The number of amides is 2. The van der Waals surface area contributed by atoms with Crippen LogP contribution in [0.25, 0.3) is 0 Å². The molecule has 3 rings (SSSR count). The van der Waals surface area contributed by atoms with E-state index in [9.17, 15) is 14.7 Å². The second kappa shape index (κ2) is 9.99. The summed E-state index contributed by atoms with van der Waals surface area (Å²) in [5, 5.41) is 16.7. The molecule has 170 valence electrons. The Labute approximate surface area is 193 Å². The smallest absolute Gasteiger partial charge is 0.271 e. The highest BCUT2D eigenvalue weighted by Crippen LogP contribution is 2.28. The molecule has 0 aliphatic carbocycles. The van der Waals surface area contributed by atoms with Crippen LogP contribution < -0.4 is 15.5 Å². The zero-order valence-corrected chi connectivity index (χ0v) is 19.0. The highest BCUT2D eigenvalue weighted by Gasteiger charge is 2.14. The molecule has 0 bridgehead atoms. The fourth-order valence-electron chi connectivity index (χ4n) is 3.06. The van der Waals surface area contributed by atoms with Crippen molar-refractivity contribution in [3.8, 4) is 11.5 Å². The minimum atomic E-state index is -0.427. The van der Waals surface area contributed by atoms with Gasteiger partial charge < -0.3 is 15.2 Å². The minimum Gasteiger partial charge on any atom is -0.504 e. The maximum Gasteiger partial charge on any atom is 0.271 e. The summed E-state index contributed by atoms with van der Waals surface area (Å²) in [7, 11) is 1.45. The van der Waals surface area contributed by atoms with Gasteiger partial charge in [-0.05, 0) is 59.5 Å². The van der Waals surface area contributed by atoms with E-state index in [4.69, 9.17) is 4.74 Å². The third kappa shape index (κ3) is 5.98. The van der Waals surface area contributed by atoms with Gasteiger partial charge in [0.15, 0.2) is 11.5 Å². The first-order chi connectivity index (χ1) is 15.7. The monoisotopic (exact) mass is 445 g/mol. The first-order valence-electron chi connectivity index (χ1n) is 10.4. The molecule has 0 saturated heterocycles. The second-order valence-electron chi connectivity index (χ2n) is 8.46. The van der Waals surface area contributed by atoms with E-state index in [0.29, 0.717) is 28.1 Å². The fourth-order valence-corrected chi connectivity index (χ4v) is 3.06. The average Bonchev–Trinajstić information content (AvgIpc) is 2.80. The molecule has 33 heavy (non-hydrogen) atoms. The highest BCUT2D eigenvalue weighted by molar-refractivity contribution is 6.04. The number of hydrogen-bond acceptors (Lipinski definition) is 5. The molecule has 7 nitrogen and oxygen atoms in total. The van der Waals surface area contributed by atoms with Gasteiger partial charge in [-0.2, -0.15) is 5.10 Å². The van der Waals surface area contributed by atoms with Crippen molar-refractivity contribution in [1.82, 2.24) is 5.43 Å². The molecular weight excluding hydrogens is 418 g/mol. The molecule has 3 aromatic rings. The lowest BCUT2D eigenvalue weighted by molar-refractivity contribution is 0.0954. The first-order valence-corrected chi connectivity index (χ1v) is 10.4. The molecule has 0 heterocycles. The van der Waals surface area contributed by atoms with Crippen LogP contribution in [0.1, 0.15) is 52.6 Å². The summed E-state index contributed by atoms with van der Waals surface area (Å²) in [6.45, 7) is 6.36. The van der Waals surface area contributed by atoms with Crippen LogP contribution in [-0.4, -0.2) is 30.2 Å². The third-order valence-electron chi connectivity index (χ3n) is 5.04. The summed E-state index contributed by atoms with van der Waals surface area (Å²) >= 11 is 0. The van der Waals surface area contributed by atoms with Crippen molar-refractivity contribution in [2.75, 3.05) is 12.4 Å². The Morgan fingerprint density at radius 1 is 0.909 bits per heavy atom. The lowest BCUT2D eigenvalue weighted by Crippen LogP contribution is -2.18. The number of rotatable bonds is 6. The Morgan fingerprint density at radius 2 is 1.52 bits per heavy atom. The van der Waals surface area contributed by atoms with E-state index in [2.05, 4.69) is 36.6 Å². The van der Waals surface area contributed by atoms with E-state index in [0.717, 1.165) is 5.56 Å². The number of methoxy groups -OCH3 is 1. The predicted molar refractivity (Wildman–Crippen MR) is 129 cm³/mol. The fraction of sp³-hybridized carbons (Fsp3) is 0.192. The number of aromatic hydroxyl groups is 1. The van der Waals surface area contributed by atoms with E-state index >= 15 is 0 Å². The number of phenolic OH excluding ortho intramolecular Hbond substituents is 1. The van der Waals surface area contributed by atoms with Gasteiger partial charge in [-0.25, -0.2) is 5.43 Å². The Kier molecular flexibility index (Phi) is 7.13. The minimum absolute atomic E-state index is 0.0177. The van der Waals surface area contributed by atoms with Gasteiger partial charge in [0.2, 0.25) is 0 Å². The number of carbonyl (C=O) groups excluding carboxylic acids is 2. The molecule has 0 spiro atoms. The normalized spacial score (nSPS) is 11.3. The van der Waals surface area contributed by atoms with E-state index in [1.807, 2.05) is 12.1 Å². The molecule has 0 unspecified atom stereocenters. The maximum absolute atomic E-state index is 12.5. The second-order valence-corrected chi connectivity index (χ2v) is 8.46. The van der Waals surface area contributed by atoms with Gasteiger partial charge in [0.1, 0.15) is 0 Å². The summed E-state index contributed by atoms with van der Waals surface area (Å²) in [5.74, 6) is -0.404. The van der Waals surface area contributed by atoms with Gasteiger partial charge in [0.05, 0.1) is 13.3 Å². The number of hydrazone groups is 1. The topological polar surface area (TPSA) is 100 Å². The Morgan fingerprint density at radius 3 is 2.12 bits per heavy atom. The number of benzene rings is 3. The maximum atomic E-state index is 12.5. The van der Waals surface area contributed by atoms with Gasteiger partial charge in [-0.3, -0.25) is 9.59 Å². The molecule has 0 fully saturated rings. The number of carbonyl (C=O) groups is 2. The van der Waals surface area contributed by atoms with Crippen LogP contribution >= 0.6 is 0 Å². The van der Waals surface area contributed by atoms with Gasteiger partial charge in [0.25, 0.3) is 11.8 Å². The average molecular weight is 446 g/mol. The van der Waals surface area contributed by atoms with Crippen molar-refractivity contribution in [3.63, 3.8) is 0 Å². The summed E-state index contributed by atoms with van der Waals surface area (Å²) in [5.41, 5.74) is 5.48. The standard InChI is InChI=1S/C26H27N3O4/c1-26(2,3)20-12-8-17(9-13-20)24(31)28-21-14-10-18(11-15-21)25(32)29-27-16-19-6-5-7-22(33-4)23(19)30/h5-16,30H,1-4H3,(H,28,31)(H,29,32)/b27-16+. The molecule has 0 saturated carbocycles. The summed E-state index contributed by atoms with van der Waals surface area (Å²) in [6.07, 6.45) is 1.33. The number of anilines is 1. The lowest BCUT2D eigenvalue weighted by atomic mass is 9.87. The molecule has 7 heteroatoms. The van der Waals surface area contributed by atoms with E-state index in [1.54, 1.807) is 54.6 Å². The van der Waals surface area contributed by atoms with Crippen molar-refractivity contribution >= 4 is 23.7 Å². The molecule has 2 amide bonds. The Bertz CT molecular complexity index is 1160. The Hall–Kier alpha value is -4.13. The van der Waals surface area contributed by atoms with Crippen molar-refractivity contribution in [2.45, 2.75) is 26.2 Å². The molecule has 3 aromatic carbocycles. The predicted octanol–water partition coefficient (Wildman–Crippen LogP) is 4.71. The van der Waals surface area contributed by atoms with Gasteiger partial charge in [-0.1, -0.05) is 39.0 Å². The number of nitrogens with zero attached hydrogens (tertiary/aromatic N) is 1. The molecule has 0 aliphatic rings. The van der Waals surface area contributed by atoms with Crippen LogP contribution in [0, 0.1) is 0 Å². The molecule has 3 N–H and O–H groups in total. The van der Waals surface area contributed by atoms with E-state index in [-0.39, 0.29) is 17.1 Å². The number of nitrogens with one attached hydrogen (secondary N) is 2. The van der Waals surface area contributed by atoms with E-state index in [1.165, 1.54) is 13.3 Å². The van der Waals surface area contributed by atoms with Crippen molar-refractivity contribution in [3.05, 3.63) is 89.0 Å². The van der Waals surface area contributed by atoms with Crippen molar-refractivity contribution < 1.29 is 19.4 Å². The van der Waals surface area contributed by atoms with Crippen LogP contribution in [0.2, 0.25) is 0 Å². The van der Waals surface area contributed by atoms with Crippen LogP contribution in [0.15, 0.2) is 71.8 Å². The van der Waals surface area contributed by atoms with Crippen molar-refractivity contribution in [2.24, 2.45) is 5.10 Å². The van der Waals surface area contributed by atoms with E-state index < -0.39 is 5.91 Å². The molecule has 0 aliphatic heterocycles. The highest BCUT2D eigenvalue weighted by atomic mass is 16.5. The molecule has 0 atom stereocenters. The Balaban J connectivity index is 1.59. The largest absolute Gasteiger partial charge is 0.504 e. The van der Waals surface area contributed by atoms with Crippen LogP contribution in [0.4, 0.5) is 5.69 Å². The van der Waals surface area contributed by atoms with Crippen LogP contribution in [0.5, 0.6) is 11.5 Å². The SMILES string of the molecule is COc1cccc(/C=N/NC(=O)c2ccc(NC(=O)c3ccc(C(C)(C)C)cc3)cc2)c1O. The van der Waals surface area contributed by atoms with Crippen molar-refractivity contribution in [1.29, 1.82) is 0 Å². The zero-order valence-electron chi connectivity index (χ0n) is 19.0. The summed E-state index contributed by atoms with van der Waals surface area (Å²) < 4.78 is 5.04. The molecular formula is C26H27N3O4. The van der Waals surface area contributed by atoms with Crippen LogP contribution in [-0.2, 0) is 5.41 Å². The number of hydrogen-bond donors (Lipinski definition) is 3.